The van der Waals surface area contributed by atoms with Crippen molar-refractivity contribution in [3.05, 3.63) is 0 Å². The number of rotatable bonds is 0. The predicted molar refractivity (Wildman–Crippen MR) is 26.1 cm³/mol. The topological polar surface area (TPSA) is 49.4 Å². The molecule has 0 unspecified atom stereocenters. The van der Waals surface area contributed by atoms with Crippen molar-refractivity contribution in [1.29, 1.82) is 0 Å². The van der Waals surface area contributed by atoms with Crippen molar-refractivity contribution in [3.8, 4) is 0 Å². The molecule has 0 atom stereocenters. The molecule has 0 aromatic heterocycles. The minimum Gasteiger partial charge on any atom is -0.327 e. The molecule has 1 aliphatic heterocycles. The highest BCUT2D eigenvalue weighted by Gasteiger charge is 2.26. The standard InChI is InChI=1S/C3H3ClN2O2/c4-6-2(7)1-5-3(6)8/h1H2,(H,5,8). The van der Waals surface area contributed by atoms with E-state index in [-0.39, 0.29) is 6.54 Å². The molecule has 44 valence electrons. The first-order chi connectivity index (χ1) is 3.72. The minimum absolute atomic E-state index is 0.0162. The maximum atomic E-state index is 10.3. The molecular weight excluding hydrogens is 131 g/mol. The van der Waals surface area contributed by atoms with Crippen LogP contribution in [-0.2, 0) is 4.79 Å². The second kappa shape index (κ2) is 1.63. The van der Waals surface area contributed by atoms with E-state index >= 15 is 0 Å². The molecule has 0 aromatic carbocycles. The van der Waals surface area contributed by atoms with Crippen molar-refractivity contribution in [2.75, 3.05) is 6.54 Å². The maximum absolute atomic E-state index is 10.3. The fourth-order valence-electron chi connectivity index (χ4n) is 0.403. The number of nitrogens with one attached hydrogen (secondary N) is 1. The Balaban J connectivity index is 2.70. The Morgan fingerprint density at radius 3 is 2.38 bits per heavy atom. The van der Waals surface area contributed by atoms with Crippen molar-refractivity contribution >= 4 is 23.7 Å². The van der Waals surface area contributed by atoms with Gasteiger partial charge in [-0.3, -0.25) is 4.79 Å². The van der Waals surface area contributed by atoms with E-state index in [2.05, 4.69) is 5.32 Å². The Hall–Kier alpha value is -0.770. The summed E-state index contributed by atoms with van der Waals surface area (Å²) in [6, 6.07) is -0.545. The van der Waals surface area contributed by atoms with Crippen LogP contribution in [0.2, 0.25) is 0 Å². The maximum Gasteiger partial charge on any atom is 0.339 e. The fraction of sp³-hybridized carbons (Fsp3) is 0.333. The summed E-state index contributed by atoms with van der Waals surface area (Å²) in [5, 5.41) is 2.22. The number of carbonyl (C=O) groups is 2. The second-order valence-electron chi connectivity index (χ2n) is 1.33. The molecule has 0 saturated carbocycles. The van der Waals surface area contributed by atoms with Gasteiger partial charge in [-0.15, -0.1) is 0 Å². The molecule has 3 amide bonds. The van der Waals surface area contributed by atoms with Gasteiger partial charge >= 0.3 is 6.03 Å². The van der Waals surface area contributed by atoms with E-state index in [1.54, 1.807) is 0 Å². The molecule has 1 fully saturated rings. The Labute approximate surface area is 50.5 Å². The Kier molecular flexibility index (Phi) is 1.09. The molecule has 0 aromatic rings. The van der Waals surface area contributed by atoms with Gasteiger partial charge in [-0.25, -0.2) is 4.79 Å². The van der Waals surface area contributed by atoms with E-state index in [0.717, 1.165) is 0 Å². The van der Waals surface area contributed by atoms with E-state index in [4.69, 9.17) is 11.8 Å². The van der Waals surface area contributed by atoms with Crippen LogP contribution in [0.4, 0.5) is 4.79 Å². The lowest BCUT2D eigenvalue weighted by Crippen LogP contribution is -2.20. The average molecular weight is 135 g/mol. The zero-order valence-electron chi connectivity index (χ0n) is 3.85. The monoisotopic (exact) mass is 134 g/mol. The molecule has 1 N–H and O–H groups in total. The Morgan fingerprint density at radius 1 is 1.62 bits per heavy atom. The first-order valence-electron chi connectivity index (χ1n) is 1.98. The zero-order valence-corrected chi connectivity index (χ0v) is 4.60. The SMILES string of the molecule is O=C1CNC(=O)N1Cl. The number of hydrogen-bond donors (Lipinski definition) is 1. The lowest BCUT2D eigenvalue weighted by Gasteiger charge is -1.94. The predicted octanol–water partition coefficient (Wildman–Crippen LogP) is -0.308. The van der Waals surface area contributed by atoms with Gasteiger partial charge in [0, 0.05) is 11.8 Å². The lowest BCUT2D eigenvalue weighted by atomic mass is 10.7. The molecule has 0 bridgehead atoms. The summed E-state index contributed by atoms with van der Waals surface area (Å²) in [6.07, 6.45) is 0. The molecule has 1 heterocycles. The normalized spacial score (nSPS) is 19.4. The second-order valence-corrected chi connectivity index (χ2v) is 1.67. The third kappa shape index (κ3) is 0.626. The van der Waals surface area contributed by atoms with Crippen LogP contribution < -0.4 is 5.32 Å². The van der Waals surface area contributed by atoms with Gasteiger partial charge in [-0.1, -0.05) is 0 Å². The van der Waals surface area contributed by atoms with Crippen molar-refractivity contribution in [3.63, 3.8) is 0 Å². The van der Waals surface area contributed by atoms with Gasteiger partial charge in [0.05, 0.1) is 0 Å². The van der Waals surface area contributed by atoms with Crippen molar-refractivity contribution in [2.24, 2.45) is 0 Å². The van der Waals surface area contributed by atoms with Gasteiger partial charge in [-0.2, -0.15) is 4.42 Å². The summed E-state index contributed by atoms with van der Waals surface area (Å²) < 4.78 is 0.528. The Morgan fingerprint density at radius 2 is 2.25 bits per heavy atom. The number of imide groups is 1. The van der Waals surface area contributed by atoms with Gasteiger partial charge in [0.1, 0.15) is 6.54 Å². The van der Waals surface area contributed by atoms with Crippen LogP contribution in [0.1, 0.15) is 0 Å². The largest absolute Gasteiger partial charge is 0.339 e. The van der Waals surface area contributed by atoms with Crippen molar-refractivity contribution in [2.45, 2.75) is 0 Å². The van der Waals surface area contributed by atoms with Crippen LogP contribution in [0, 0.1) is 0 Å². The highest BCUT2D eigenvalue weighted by atomic mass is 35.5. The van der Waals surface area contributed by atoms with Crippen LogP contribution >= 0.6 is 11.8 Å². The molecule has 1 aliphatic rings. The fourth-order valence-corrected chi connectivity index (χ4v) is 0.523. The molecule has 5 heteroatoms. The third-order valence-corrected chi connectivity index (χ3v) is 1.13. The minimum atomic E-state index is -0.545. The van der Waals surface area contributed by atoms with Gasteiger partial charge < -0.3 is 5.32 Å². The van der Waals surface area contributed by atoms with E-state index < -0.39 is 11.9 Å². The molecule has 0 aliphatic carbocycles. The van der Waals surface area contributed by atoms with Crippen molar-refractivity contribution < 1.29 is 9.59 Å². The van der Waals surface area contributed by atoms with Crippen molar-refractivity contribution in [1.82, 2.24) is 9.74 Å². The molecule has 1 saturated heterocycles. The van der Waals surface area contributed by atoms with E-state index in [1.807, 2.05) is 0 Å². The van der Waals surface area contributed by atoms with Crippen LogP contribution in [0.3, 0.4) is 0 Å². The molecule has 0 radical (unpaired) electrons. The molecular formula is C3H3ClN2O2. The average Bonchev–Trinajstić information content (AvgIpc) is 1.98. The number of carbonyl (C=O) groups excluding carboxylic acids is 2. The van der Waals surface area contributed by atoms with E-state index in [9.17, 15) is 9.59 Å². The number of halogens is 1. The van der Waals surface area contributed by atoms with Crippen LogP contribution in [0.15, 0.2) is 0 Å². The quantitative estimate of drug-likeness (QED) is 0.365. The summed E-state index contributed by atoms with van der Waals surface area (Å²) in [6.45, 7) is 0.0162. The van der Waals surface area contributed by atoms with Gasteiger partial charge in [0.15, 0.2) is 0 Å². The number of amides is 3. The molecule has 0 spiro atoms. The van der Waals surface area contributed by atoms with Gasteiger partial charge in [0.2, 0.25) is 0 Å². The van der Waals surface area contributed by atoms with E-state index in [1.165, 1.54) is 0 Å². The number of urea groups is 1. The third-order valence-electron chi connectivity index (χ3n) is 0.788. The van der Waals surface area contributed by atoms with Gasteiger partial charge in [-0.05, 0) is 0 Å². The molecule has 8 heavy (non-hydrogen) atoms. The summed E-state index contributed by atoms with van der Waals surface area (Å²) in [7, 11) is 0. The number of hydrogen-bond acceptors (Lipinski definition) is 2. The summed E-state index contributed by atoms with van der Waals surface area (Å²) in [5.41, 5.74) is 0. The molecule has 4 nitrogen and oxygen atoms in total. The summed E-state index contributed by atoms with van der Waals surface area (Å²) >= 11 is 5.08. The highest BCUT2D eigenvalue weighted by molar-refractivity contribution is 6.32. The van der Waals surface area contributed by atoms with Crippen LogP contribution in [0.25, 0.3) is 0 Å². The summed E-state index contributed by atoms with van der Waals surface area (Å²) in [4.78, 5) is 20.5. The highest BCUT2D eigenvalue weighted by Crippen LogP contribution is 2.00. The molecule has 1 rings (SSSR count). The van der Waals surface area contributed by atoms with E-state index in [0.29, 0.717) is 4.42 Å². The van der Waals surface area contributed by atoms with Gasteiger partial charge in [0.25, 0.3) is 5.91 Å². The summed E-state index contributed by atoms with van der Waals surface area (Å²) in [5.74, 6) is -0.406. The Bertz CT molecular complexity index is 130. The first-order valence-corrected chi connectivity index (χ1v) is 2.32. The zero-order chi connectivity index (χ0) is 6.15. The first kappa shape index (κ1) is 5.37. The van der Waals surface area contributed by atoms with Crippen LogP contribution in [-0.4, -0.2) is 22.9 Å². The smallest absolute Gasteiger partial charge is 0.327 e. The lowest BCUT2D eigenvalue weighted by molar-refractivity contribution is -0.121. The number of nitrogens with zero attached hydrogens (tertiary/aromatic N) is 1. The van der Waals surface area contributed by atoms with Crippen LogP contribution in [0.5, 0.6) is 0 Å².